The number of halogens is 3. The Hall–Kier alpha value is -2.35. The van der Waals surface area contributed by atoms with Gasteiger partial charge in [0.2, 0.25) is 0 Å². The van der Waals surface area contributed by atoms with Gasteiger partial charge < -0.3 is 15.4 Å². The van der Waals surface area contributed by atoms with Gasteiger partial charge in [0.25, 0.3) is 0 Å². The maximum Gasteiger partial charge on any atom is 0.387 e. The molecule has 1 aromatic carbocycles. The van der Waals surface area contributed by atoms with E-state index in [-0.39, 0.29) is 16.5 Å². The zero-order valence-electron chi connectivity index (χ0n) is 10.8. The predicted molar refractivity (Wildman–Crippen MR) is 73.9 cm³/mol. The summed E-state index contributed by atoms with van der Waals surface area (Å²) >= 11 is 5.71. The molecule has 0 fully saturated rings. The second-order valence-corrected chi connectivity index (χ2v) is 4.44. The van der Waals surface area contributed by atoms with Crippen LogP contribution in [0.4, 0.5) is 25.0 Å². The number of nitrogens with one attached hydrogen (secondary N) is 2. The van der Waals surface area contributed by atoms with Crippen LogP contribution >= 0.6 is 11.6 Å². The molecular formula is C12H11ClF2N4O2. The van der Waals surface area contributed by atoms with Crippen molar-refractivity contribution in [2.45, 2.75) is 6.61 Å². The summed E-state index contributed by atoms with van der Waals surface area (Å²) in [6.07, 6.45) is 3.02. The highest BCUT2D eigenvalue weighted by molar-refractivity contribution is 6.30. The van der Waals surface area contributed by atoms with Crippen molar-refractivity contribution in [3.63, 3.8) is 0 Å². The molecule has 21 heavy (non-hydrogen) atoms. The fourth-order valence-electron chi connectivity index (χ4n) is 1.56. The average Bonchev–Trinajstić information content (AvgIpc) is 2.77. The molecule has 2 amide bonds. The number of carbonyl (C=O) groups is 1. The zero-order valence-corrected chi connectivity index (χ0v) is 11.6. The topological polar surface area (TPSA) is 68.2 Å². The summed E-state index contributed by atoms with van der Waals surface area (Å²) in [6, 6.07) is 3.37. The van der Waals surface area contributed by atoms with Crippen LogP contribution in [0.5, 0.6) is 5.75 Å². The SMILES string of the molecule is Cn1cc(NC(=O)Nc2ccc(Cl)cc2OC(F)F)cn1. The molecule has 1 aromatic heterocycles. The van der Waals surface area contributed by atoms with Crippen LogP contribution in [0.1, 0.15) is 0 Å². The van der Waals surface area contributed by atoms with Crippen LogP contribution in [-0.2, 0) is 7.05 Å². The summed E-state index contributed by atoms with van der Waals surface area (Å²) < 4.78 is 30.4. The molecule has 0 bridgehead atoms. The molecule has 2 aromatic rings. The Balaban J connectivity index is 2.09. The van der Waals surface area contributed by atoms with Crippen molar-refractivity contribution in [3.05, 3.63) is 35.6 Å². The van der Waals surface area contributed by atoms with Gasteiger partial charge in [0.15, 0.2) is 5.75 Å². The van der Waals surface area contributed by atoms with Gasteiger partial charge in [-0.15, -0.1) is 0 Å². The molecule has 0 spiro atoms. The summed E-state index contributed by atoms with van der Waals surface area (Å²) in [5.74, 6) is -0.223. The number of aromatic nitrogens is 2. The largest absolute Gasteiger partial charge is 0.433 e. The number of benzene rings is 1. The lowest BCUT2D eigenvalue weighted by Crippen LogP contribution is -2.20. The first-order chi connectivity index (χ1) is 9.94. The minimum atomic E-state index is -3.02. The molecule has 2 N–H and O–H groups in total. The Morgan fingerprint density at radius 3 is 2.81 bits per heavy atom. The number of amides is 2. The first-order valence-corrected chi connectivity index (χ1v) is 6.13. The number of alkyl halides is 2. The first-order valence-electron chi connectivity index (χ1n) is 5.75. The molecule has 0 atom stereocenters. The molecule has 0 saturated heterocycles. The number of carbonyl (C=O) groups excluding carboxylic acids is 1. The van der Waals surface area contributed by atoms with Gasteiger partial charge in [0, 0.05) is 24.3 Å². The number of anilines is 2. The maximum absolute atomic E-state index is 12.3. The Kier molecular flexibility index (Phi) is 4.59. The number of ether oxygens (including phenoxy) is 1. The van der Waals surface area contributed by atoms with E-state index in [0.717, 1.165) is 0 Å². The molecule has 0 saturated carbocycles. The highest BCUT2D eigenvalue weighted by Gasteiger charge is 2.13. The van der Waals surface area contributed by atoms with Crippen LogP contribution in [-0.4, -0.2) is 22.4 Å². The van der Waals surface area contributed by atoms with Gasteiger partial charge >= 0.3 is 12.6 Å². The third kappa shape index (κ3) is 4.32. The number of nitrogens with zero attached hydrogens (tertiary/aromatic N) is 2. The van der Waals surface area contributed by atoms with Crippen LogP contribution in [0.2, 0.25) is 5.02 Å². The normalized spacial score (nSPS) is 10.5. The van der Waals surface area contributed by atoms with Crippen LogP contribution < -0.4 is 15.4 Å². The number of rotatable bonds is 4. The number of aryl methyl sites for hydroxylation is 1. The Labute approximate surface area is 123 Å². The summed E-state index contributed by atoms with van der Waals surface area (Å²) in [6.45, 7) is -3.02. The minimum Gasteiger partial charge on any atom is -0.433 e. The summed E-state index contributed by atoms with van der Waals surface area (Å²) in [5, 5.41) is 8.98. The van der Waals surface area contributed by atoms with E-state index in [1.54, 1.807) is 13.2 Å². The summed E-state index contributed by atoms with van der Waals surface area (Å²) in [4.78, 5) is 11.8. The van der Waals surface area contributed by atoms with Crippen molar-refractivity contribution in [3.8, 4) is 5.75 Å². The minimum absolute atomic E-state index is 0.0705. The smallest absolute Gasteiger partial charge is 0.387 e. The standard InChI is InChI=1S/C12H11ClF2N4O2/c1-19-6-8(5-16-19)17-12(20)18-9-3-2-7(13)4-10(9)21-11(14)15/h2-6,11H,1H3,(H2,17,18,20). The van der Waals surface area contributed by atoms with E-state index in [4.69, 9.17) is 11.6 Å². The lowest BCUT2D eigenvalue weighted by atomic mass is 10.3. The molecule has 0 aliphatic carbocycles. The van der Waals surface area contributed by atoms with Crippen molar-refractivity contribution in [2.75, 3.05) is 10.6 Å². The Morgan fingerprint density at radius 2 is 2.19 bits per heavy atom. The van der Waals surface area contributed by atoms with Gasteiger partial charge in [-0.3, -0.25) is 4.68 Å². The van der Waals surface area contributed by atoms with E-state index in [2.05, 4.69) is 20.5 Å². The first kappa shape index (κ1) is 15.0. The molecule has 9 heteroatoms. The molecule has 2 rings (SSSR count). The third-order valence-electron chi connectivity index (χ3n) is 2.37. The third-order valence-corrected chi connectivity index (χ3v) is 2.61. The lowest BCUT2D eigenvalue weighted by molar-refractivity contribution is -0.0493. The molecule has 0 unspecified atom stereocenters. The molecule has 112 valence electrons. The Morgan fingerprint density at radius 1 is 1.43 bits per heavy atom. The van der Waals surface area contributed by atoms with E-state index >= 15 is 0 Å². The van der Waals surface area contributed by atoms with Gasteiger partial charge in [-0.25, -0.2) is 4.79 Å². The molecule has 6 nitrogen and oxygen atoms in total. The van der Waals surface area contributed by atoms with E-state index in [1.165, 1.54) is 29.1 Å². The fourth-order valence-corrected chi connectivity index (χ4v) is 1.73. The van der Waals surface area contributed by atoms with E-state index in [9.17, 15) is 13.6 Å². The average molecular weight is 317 g/mol. The number of hydrogen-bond acceptors (Lipinski definition) is 3. The van der Waals surface area contributed by atoms with Crippen molar-refractivity contribution in [1.29, 1.82) is 0 Å². The van der Waals surface area contributed by atoms with Crippen LogP contribution in [0.3, 0.4) is 0 Å². The molecule has 0 aliphatic heterocycles. The van der Waals surface area contributed by atoms with Crippen molar-refractivity contribution >= 4 is 29.0 Å². The fraction of sp³-hybridized carbons (Fsp3) is 0.167. The van der Waals surface area contributed by atoms with Crippen molar-refractivity contribution in [2.24, 2.45) is 7.05 Å². The predicted octanol–water partition coefficient (Wildman–Crippen LogP) is 3.32. The van der Waals surface area contributed by atoms with E-state index in [0.29, 0.717) is 5.69 Å². The maximum atomic E-state index is 12.3. The van der Waals surface area contributed by atoms with Crippen LogP contribution in [0.25, 0.3) is 0 Å². The number of hydrogen-bond donors (Lipinski definition) is 2. The van der Waals surface area contributed by atoms with E-state index in [1.807, 2.05) is 0 Å². The highest BCUT2D eigenvalue weighted by Crippen LogP contribution is 2.29. The van der Waals surface area contributed by atoms with E-state index < -0.39 is 12.6 Å². The molecule has 0 aliphatic rings. The highest BCUT2D eigenvalue weighted by atomic mass is 35.5. The van der Waals surface area contributed by atoms with Gasteiger partial charge in [-0.1, -0.05) is 11.6 Å². The van der Waals surface area contributed by atoms with Gasteiger partial charge in [-0.05, 0) is 12.1 Å². The van der Waals surface area contributed by atoms with Crippen LogP contribution in [0.15, 0.2) is 30.6 Å². The lowest BCUT2D eigenvalue weighted by Gasteiger charge is -2.12. The molecule has 1 heterocycles. The van der Waals surface area contributed by atoms with Crippen molar-refractivity contribution < 1.29 is 18.3 Å². The summed E-state index contributed by atoms with van der Waals surface area (Å²) in [7, 11) is 1.69. The second-order valence-electron chi connectivity index (χ2n) is 4.00. The molecular weight excluding hydrogens is 306 g/mol. The Bertz CT molecular complexity index is 648. The quantitative estimate of drug-likeness (QED) is 0.909. The molecule has 0 radical (unpaired) electrons. The van der Waals surface area contributed by atoms with Gasteiger partial charge in [0.1, 0.15) is 0 Å². The monoisotopic (exact) mass is 316 g/mol. The second kappa shape index (κ2) is 6.40. The van der Waals surface area contributed by atoms with Crippen molar-refractivity contribution in [1.82, 2.24) is 9.78 Å². The van der Waals surface area contributed by atoms with Crippen LogP contribution in [0, 0.1) is 0 Å². The van der Waals surface area contributed by atoms with Gasteiger partial charge in [0.05, 0.1) is 17.6 Å². The zero-order chi connectivity index (χ0) is 15.4. The van der Waals surface area contributed by atoms with Gasteiger partial charge in [-0.2, -0.15) is 13.9 Å². The summed E-state index contributed by atoms with van der Waals surface area (Å²) in [5.41, 5.74) is 0.529. The number of urea groups is 1.